The molecule has 1 amide bonds. The minimum absolute atomic E-state index is 0.111. The molecule has 1 saturated heterocycles. The van der Waals surface area contributed by atoms with Crippen LogP contribution in [-0.4, -0.2) is 10.2 Å². The van der Waals surface area contributed by atoms with Crippen molar-refractivity contribution in [2.24, 2.45) is 0 Å². The minimum atomic E-state index is -0.111. The summed E-state index contributed by atoms with van der Waals surface area (Å²) in [6, 6.07) is 17.0. The van der Waals surface area contributed by atoms with Crippen LogP contribution in [0.2, 0.25) is 5.02 Å². The molecule has 1 heterocycles. The molecule has 23 heavy (non-hydrogen) atoms. The second-order valence-corrected chi connectivity index (χ2v) is 6.90. The number of hydrogen-bond acceptors (Lipinski definition) is 3. The van der Waals surface area contributed by atoms with Crippen LogP contribution in [0.3, 0.4) is 0 Å². The van der Waals surface area contributed by atoms with Gasteiger partial charge in [-0.1, -0.05) is 78.1 Å². The topological polar surface area (TPSA) is 20.3 Å². The Kier molecular flexibility index (Phi) is 4.96. The lowest BCUT2D eigenvalue weighted by Gasteiger charge is -2.14. The van der Waals surface area contributed by atoms with Crippen molar-refractivity contribution in [3.8, 4) is 0 Å². The van der Waals surface area contributed by atoms with E-state index in [9.17, 15) is 4.79 Å². The van der Waals surface area contributed by atoms with E-state index in [1.165, 1.54) is 16.7 Å². The number of allylic oxidation sites excluding steroid dienone is 2. The highest BCUT2D eigenvalue weighted by Crippen LogP contribution is 2.35. The van der Waals surface area contributed by atoms with Crippen LogP contribution >= 0.6 is 35.6 Å². The molecule has 1 aliphatic rings. The van der Waals surface area contributed by atoms with Gasteiger partial charge in [0.1, 0.15) is 0 Å². The second kappa shape index (κ2) is 7.13. The summed E-state index contributed by atoms with van der Waals surface area (Å²) in [5, 5.41) is 0.625. The average molecular weight is 358 g/mol. The molecule has 3 rings (SSSR count). The Morgan fingerprint density at radius 3 is 2.43 bits per heavy atom. The molecule has 0 aliphatic carbocycles. The highest BCUT2D eigenvalue weighted by molar-refractivity contribution is 8.27. The molecule has 2 aromatic carbocycles. The van der Waals surface area contributed by atoms with E-state index >= 15 is 0 Å². The van der Waals surface area contributed by atoms with Crippen LogP contribution in [-0.2, 0) is 4.79 Å². The largest absolute Gasteiger partial charge is 0.270 e. The molecule has 2 aromatic rings. The van der Waals surface area contributed by atoms with Crippen molar-refractivity contribution < 1.29 is 4.79 Å². The van der Waals surface area contributed by atoms with Crippen LogP contribution in [0.4, 0.5) is 5.69 Å². The molecule has 1 fully saturated rings. The van der Waals surface area contributed by atoms with Gasteiger partial charge in [0.2, 0.25) is 0 Å². The number of carbonyl (C=O) groups is 1. The zero-order valence-corrected chi connectivity index (χ0v) is 14.4. The molecule has 0 saturated carbocycles. The quantitative estimate of drug-likeness (QED) is 0.549. The third-order valence-corrected chi connectivity index (χ3v) is 4.79. The third-order valence-electron chi connectivity index (χ3n) is 3.21. The highest BCUT2D eigenvalue weighted by atomic mass is 35.5. The summed E-state index contributed by atoms with van der Waals surface area (Å²) in [5.74, 6) is -0.111. The van der Waals surface area contributed by atoms with E-state index in [2.05, 4.69) is 0 Å². The Balaban J connectivity index is 1.79. The standard InChI is InChI=1S/C18H12ClNOS2/c19-14-9-11-15(12-10-14)20-17(21)16(23-18(20)22)8-4-7-13-5-2-1-3-6-13/h1-12H. The summed E-state index contributed by atoms with van der Waals surface area (Å²) in [6.07, 6.45) is 5.61. The molecule has 0 radical (unpaired) electrons. The Labute approximate surface area is 149 Å². The molecule has 0 aromatic heterocycles. The van der Waals surface area contributed by atoms with Crippen molar-refractivity contribution in [1.82, 2.24) is 0 Å². The lowest BCUT2D eigenvalue weighted by atomic mass is 10.2. The summed E-state index contributed by atoms with van der Waals surface area (Å²) >= 11 is 12.5. The molecule has 5 heteroatoms. The van der Waals surface area contributed by atoms with Gasteiger partial charge in [0, 0.05) is 5.02 Å². The number of amides is 1. The van der Waals surface area contributed by atoms with Crippen molar-refractivity contribution in [1.29, 1.82) is 0 Å². The normalized spacial score (nSPS) is 16.7. The zero-order valence-electron chi connectivity index (χ0n) is 12.0. The van der Waals surface area contributed by atoms with Crippen LogP contribution in [0.15, 0.2) is 71.7 Å². The van der Waals surface area contributed by atoms with Crippen LogP contribution in [0.25, 0.3) is 6.08 Å². The highest BCUT2D eigenvalue weighted by Gasteiger charge is 2.32. The van der Waals surface area contributed by atoms with Crippen molar-refractivity contribution in [3.05, 3.63) is 82.2 Å². The third kappa shape index (κ3) is 3.72. The summed E-state index contributed by atoms with van der Waals surface area (Å²) in [5.41, 5.74) is 1.81. The second-order valence-electron chi connectivity index (χ2n) is 4.79. The van der Waals surface area contributed by atoms with E-state index in [1.807, 2.05) is 42.5 Å². The summed E-state index contributed by atoms with van der Waals surface area (Å²) in [6.45, 7) is 0. The van der Waals surface area contributed by atoms with E-state index in [-0.39, 0.29) is 5.91 Å². The minimum Gasteiger partial charge on any atom is -0.268 e. The molecular weight excluding hydrogens is 346 g/mol. The van der Waals surface area contributed by atoms with Crippen LogP contribution in [0, 0.1) is 0 Å². The fourth-order valence-electron chi connectivity index (χ4n) is 2.11. The SMILES string of the molecule is O=C1C(=CC=Cc2ccccc2)SC(=S)N1c1ccc(Cl)cc1. The first-order valence-corrected chi connectivity index (χ1v) is 8.51. The van der Waals surface area contributed by atoms with Gasteiger partial charge in [-0.05, 0) is 35.9 Å². The molecule has 2 nitrogen and oxygen atoms in total. The van der Waals surface area contributed by atoms with Crippen molar-refractivity contribution >= 4 is 57.6 Å². The molecule has 0 bridgehead atoms. The van der Waals surface area contributed by atoms with Gasteiger partial charge in [-0.25, -0.2) is 0 Å². The number of thiocarbonyl (C=S) groups is 1. The summed E-state index contributed by atoms with van der Waals surface area (Å²) in [7, 11) is 0. The molecular formula is C18H12ClNOS2. The Morgan fingerprint density at radius 2 is 1.74 bits per heavy atom. The molecule has 1 aliphatic heterocycles. The molecule has 0 unspecified atom stereocenters. The smallest absolute Gasteiger partial charge is 0.268 e. The lowest BCUT2D eigenvalue weighted by Crippen LogP contribution is -2.27. The Hall–Kier alpha value is -1.88. The number of hydrogen-bond donors (Lipinski definition) is 0. The van der Waals surface area contributed by atoms with Gasteiger partial charge in [-0.3, -0.25) is 9.69 Å². The van der Waals surface area contributed by atoms with Gasteiger partial charge in [0.25, 0.3) is 5.91 Å². The molecule has 114 valence electrons. The van der Waals surface area contributed by atoms with Crippen molar-refractivity contribution in [3.63, 3.8) is 0 Å². The van der Waals surface area contributed by atoms with E-state index < -0.39 is 0 Å². The van der Waals surface area contributed by atoms with E-state index in [4.69, 9.17) is 23.8 Å². The van der Waals surface area contributed by atoms with Crippen molar-refractivity contribution in [2.75, 3.05) is 4.90 Å². The first kappa shape index (κ1) is 16.0. The summed E-state index contributed by atoms with van der Waals surface area (Å²) < 4.78 is 0.525. The number of thioether (sulfide) groups is 1. The average Bonchev–Trinajstić information content (AvgIpc) is 2.84. The van der Waals surface area contributed by atoms with Gasteiger partial charge in [-0.2, -0.15) is 0 Å². The maximum Gasteiger partial charge on any atom is 0.270 e. The molecule has 0 spiro atoms. The maximum absolute atomic E-state index is 12.5. The number of rotatable bonds is 3. The van der Waals surface area contributed by atoms with E-state index in [0.29, 0.717) is 14.2 Å². The predicted molar refractivity (Wildman–Crippen MR) is 103 cm³/mol. The zero-order chi connectivity index (χ0) is 16.2. The summed E-state index contributed by atoms with van der Waals surface area (Å²) in [4.78, 5) is 14.7. The number of carbonyl (C=O) groups excluding carboxylic acids is 1. The van der Waals surface area contributed by atoms with Gasteiger partial charge in [0.05, 0.1) is 10.6 Å². The van der Waals surface area contributed by atoms with E-state index in [1.54, 1.807) is 30.3 Å². The van der Waals surface area contributed by atoms with Crippen LogP contribution < -0.4 is 4.90 Å². The predicted octanol–water partition coefficient (Wildman–Crippen LogP) is 5.30. The van der Waals surface area contributed by atoms with Gasteiger partial charge in [-0.15, -0.1) is 0 Å². The van der Waals surface area contributed by atoms with Gasteiger partial charge < -0.3 is 0 Å². The number of nitrogens with zero attached hydrogens (tertiary/aromatic N) is 1. The fraction of sp³-hybridized carbons (Fsp3) is 0. The van der Waals surface area contributed by atoms with Gasteiger partial charge in [0.15, 0.2) is 4.32 Å². The first-order valence-electron chi connectivity index (χ1n) is 6.90. The Bertz CT molecular complexity index is 798. The first-order chi connectivity index (χ1) is 11.1. The number of halogens is 1. The maximum atomic E-state index is 12.5. The fourth-order valence-corrected chi connectivity index (χ4v) is 3.48. The van der Waals surface area contributed by atoms with Crippen LogP contribution in [0.5, 0.6) is 0 Å². The lowest BCUT2D eigenvalue weighted by molar-refractivity contribution is -0.113. The van der Waals surface area contributed by atoms with Crippen molar-refractivity contribution in [2.45, 2.75) is 0 Å². The van der Waals surface area contributed by atoms with E-state index in [0.717, 1.165) is 11.3 Å². The number of benzene rings is 2. The number of anilines is 1. The van der Waals surface area contributed by atoms with Crippen LogP contribution in [0.1, 0.15) is 5.56 Å². The molecule has 0 atom stereocenters. The Morgan fingerprint density at radius 1 is 1.04 bits per heavy atom. The molecule has 0 N–H and O–H groups in total. The van der Waals surface area contributed by atoms with Gasteiger partial charge >= 0.3 is 0 Å². The monoisotopic (exact) mass is 357 g/mol.